The lowest BCUT2D eigenvalue weighted by atomic mass is 10.0. The van der Waals surface area contributed by atoms with Crippen molar-refractivity contribution in [3.8, 4) is 33.8 Å². The molecule has 0 saturated carbocycles. The number of aromatic nitrogens is 4. The lowest BCUT2D eigenvalue weighted by molar-refractivity contribution is 0.617. The molecule has 0 fully saturated rings. The van der Waals surface area contributed by atoms with Crippen molar-refractivity contribution in [3.63, 3.8) is 0 Å². The lowest BCUT2D eigenvalue weighted by Crippen LogP contribution is -1.88. The molecule has 5 rings (SSSR count). The van der Waals surface area contributed by atoms with Crippen LogP contribution in [0.15, 0.2) is 77.6 Å². The summed E-state index contributed by atoms with van der Waals surface area (Å²) in [5.41, 5.74) is 4.56. The van der Waals surface area contributed by atoms with E-state index in [1.165, 1.54) is 18.5 Å². The fraction of sp³-hybridized carbons (Fsp3) is 0.0870. The van der Waals surface area contributed by atoms with Crippen LogP contribution < -0.4 is 0 Å². The maximum absolute atomic E-state index is 13.3. The Labute approximate surface area is 167 Å². The Morgan fingerprint density at radius 3 is 2.41 bits per heavy atom. The molecule has 5 nitrogen and oxygen atoms in total. The average molecular weight is 386 g/mol. The summed E-state index contributed by atoms with van der Waals surface area (Å²) in [6.45, 7) is 4.00. The van der Waals surface area contributed by atoms with Gasteiger partial charge in [0, 0.05) is 16.7 Å². The number of hydrogen-bond donors (Lipinski definition) is 1. The lowest BCUT2D eigenvalue weighted by Gasteiger charge is -2.03. The molecule has 0 saturated heterocycles. The van der Waals surface area contributed by atoms with Gasteiger partial charge in [-0.25, -0.2) is 14.4 Å². The third-order valence-electron chi connectivity index (χ3n) is 4.42. The Morgan fingerprint density at radius 1 is 0.897 bits per heavy atom. The average Bonchev–Trinajstić information content (AvgIpc) is 3.43. The van der Waals surface area contributed by atoms with E-state index in [1.54, 1.807) is 18.3 Å². The predicted molar refractivity (Wildman–Crippen MR) is 112 cm³/mol. The topological polar surface area (TPSA) is 67.6 Å². The molecule has 0 atom stereocenters. The summed E-state index contributed by atoms with van der Waals surface area (Å²) >= 11 is 0. The number of H-pyrrole nitrogens is 1. The van der Waals surface area contributed by atoms with Crippen LogP contribution in [0.4, 0.5) is 4.39 Å². The molecule has 6 heteroatoms. The van der Waals surface area contributed by atoms with Gasteiger partial charge in [0.1, 0.15) is 17.9 Å². The maximum Gasteiger partial charge on any atom is 0.230 e. The van der Waals surface area contributed by atoms with Crippen molar-refractivity contribution in [1.29, 1.82) is 0 Å². The minimum absolute atomic E-state index is 0.286. The standard InChI is InChI=1S/C21H13FN4O.C2H6/c22-15-8-6-14(7-9-15)19-17(11-25-26-19)20-16-10-18(13-4-2-1-3-5-13)27-21(16)24-12-23-20;1-2/h1-12H,(H,25,26);1-2H3. The zero-order valence-electron chi connectivity index (χ0n) is 16.1. The van der Waals surface area contributed by atoms with Crippen molar-refractivity contribution < 1.29 is 8.81 Å². The van der Waals surface area contributed by atoms with E-state index in [0.717, 1.165) is 33.5 Å². The SMILES string of the molecule is CC.Fc1ccc(-c2[nH]ncc2-c2ncnc3oc(-c4ccccc4)cc23)cc1. The Hall–Kier alpha value is -3.80. The van der Waals surface area contributed by atoms with Crippen molar-refractivity contribution in [1.82, 2.24) is 20.2 Å². The predicted octanol–water partition coefficient (Wildman–Crippen LogP) is 6.11. The van der Waals surface area contributed by atoms with Crippen LogP contribution in [0.25, 0.3) is 44.9 Å². The molecule has 0 aliphatic rings. The molecule has 0 unspecified atom stereocenters. The highest BCUT2D eigenvalue weighted by Crippen LogP contribution is 2.35. The van der Waals surface area contributed by atoms with E-state index in [1.807, 2.05) is 50.2 Å². The first-order valence-corrected chi connectivity index (χ1v) is 9.39. The van der Waals surface area contributed by atoms with Gasteiger partial charge >= 0.3 is 0 Å². The van der Waals surface area contributed by atoms with E-state index in [9.17, 15) is 4.39 Å². The third-order valence-corrected chi connectivity index (χ3v) is 4.42. The summed E-state index contributed by atoms with van der Waals surface area (Å²) < 4.78 is 19.2. The number of nitrogens with one attached hydrogen (secondary N) is 1. The van der Waals surface area contributed by atoms with Gasteiger partial charge in [0.2, 0.25) is 5.71 Å². The maximum atomic E-state index is 13.3. The largest absolute Gasteiger partial charge is 0.438 e. The summed E-state index contributed by atoms with van der Waals surface area (Å²) in [7, 11) is 0. The van der Waals surface area contributed by atoms with E-state index >= 15 is 0 Å². The molecule has 1 N–H and O–H groups in total. The molecule has 0 bridgehead atoms. The molecular weight excluding hydrogens is 367 g/mol. The van der Waals surface area contributed by atoms with E-state index in [2.05, 4.69) is 20.2 Å². The van der Waals surface area contributed by atoms with Crippen LogP contribution >= 0.6 is 0 Å². The van der Waals surface area contributed by atoms with Gasteiger partial charge in [-0.15, -0.1) is 0 Å². The van der Waals surface area contributed by atoms with Crippen molar-refractivity contribution in [2.45, 2.75) is 13.8 Å². The van der Waals surface area contributed by atoms with E-state index < -0.39 is 0 Å². The molecule has 29 heavy (non-hydrogen) atoms. The molecule has 0 amide bonds. The van der Waals surface area contributed by atoms with Gasteiger partial charge < -0.3 is 4.42 Å². The number of nitrogens with zero attached hydrogens (tertiary/aromatic N) is 3. The molecule has 3 heterocycles. The Morgan fingerprint density at radius 2 is 1.66 bits per heavy atom. The molecule has 0 aliphatic carbocycles. The molecule has 5 aromatic rings. The Kier molecular flexibility index (Phi) is 5.16. The fourth-order valence-corrected chi connectivity index (χ4v) is 3.12. The second-order valence-corrected chi connectivity index (χ2v) is 6.08. The molecule has 144 valence electrons. The Balaban J connectivity index is 0.000000994. The molecule has 0 radical (unpaired) electrons. The quantitative estimate of drug-likeness (QED) is 0.406. The van der Waals surface area contributed by atoms with Gasteiger partial charge in [-0.05, 0) is 30.3 Å². The van der Waals surface area contributed by atoms with Crippen molar-refractivity contribution in [2.75, 3.05) is 0 Å². The molecular formula is C23H19FN4O. The second kappa shape index (κ2) is 8.06. The second-order valence-electron chi connectivity index (χ2n) is 6.08. The fourth-order valence-electron chi connectivity index (χ4n) is 3.12. The van der Waals surface area contributed by atoms with Crippen LogP contribution in [0.5, 0.6) is 0 Å². The monoisotopic (exact) mass is 386 g/mol. The van der Waals surface area contributed by atoms with Gasteiger partial charge in [-0.3, -0.25) is 5.10 Å². The summed E-state index contributed by atoms with van der Waals surface area (Å²) in [6.07, 6.45) is 3.17. The summed E-state index contributed by atoms with van der Waals surface area (Å²) in [5.74, 6) is 0.436. The van der Waals surface area contributed by atoms with E-state index in [-0.39, 0.29) is 5.82 Å². The normalized spacial score (nSPS) is 10.6. The minimum Gasteiger partial charge on any atom is -0.438 e. The van der Waals surface area contributed by atoms with Crippen LogP contribution in [-0.2, 0) is 0 Å². The van der Waals surface area contributed by atoms with Gasteiger partial charge in [0.25, 0.3) is 0 Å². The number of halogens is 1. The highest BCUT2D eigenvalue weighted by molar-refractivity contribution is 5.95. The van der Waals surface area contributed by atoms with Crippen LogP contribution in [-0.4, -0.2) is 20.2 Å². The van der Waals surface area contributed by atoms with Crippen LogP contribution in [0.2, 0.25) is 0 Å². The number of benzene rings is 2. The zero-order valence-corrected chi connectivity index (χ0v) is 16.1. The van der Waals surface area contributed by atoms with Crippen molar-refractivity contribution >= 4 is 11.1 Å². The van der Waals surface area contributed by atoms with Gasteiger partial charge in [0.05, 0.1) is 23.0 Å². The first kappa shape index (κ1) is 18.6. The highest BCUT2D eigenvalue weighted by Gasteiger charge is 2.17. The number of furan rings is 1. The smallest absolute Gasteiger partial charge is 0.230 e. The Bertz CT molecular complexity index is 1230. The number of rotatable bonds is 3. The number of fused-ring (bicyclic) bond motifs is 1. The number of hydrogen-bond acceptors (Lipinski definition) is 4. The first-order valence-electron chi connectivity index (χ1n) is 9.39. The summed E-state index contributed by atoms with van der Waals surface area (Å²) in [6, 6.07) is 18.0. The summed E-state index contributed by atoms with van der Waals surface area (Å²) in [5, 5.41) is 7.93. The molecule has 0 spiro atoms. The van der Waals surface area contributed by atoms with Gasteiger partial charge in [-0.2, -0.15) is 5.10 Å². The first-order chi connectivity index (χ1) is 14.3. The minimum atomic E-state index is -0.286. The van der Waals surface area contributed by atoms with Crippen molar-refractivity contribution in [2.24, 2.45) is 0 Å². The molecule has 3 aromatic heterocycles. The molecule has 0 aliphatic heterocycles. The van der Waals surface area contributed by atoms with Gasteiger partial charge in [-0.1, -0.05) is 44.2 Å². The third kappa shape index (κ3) is 3.52. The van der Waals surface area contributed by atoms with Crippen molar-refractivity contribution in [3.05, 3.63) is 79.0 Å². The highest BCUT2D eigenvalue weighted by atomic mass is 19.1. The van der Waals surface area contributed by atoms with Crippen LogP contribution in [0.3, 0.4) is 0 Å². The summed E-state index contributed by atoms with van der Waals surface area (Å²) in [4.78, 5) is 8.71. The molecule has 2 aromatic carbocycles. The van der Waals surface area contributed by atoms with E-state index in [0.29, 0.717) is 11.4 Å². The van der Waals surface area contributed by atoms with E-state index in [4.69, 9.17) is 4.42 Å². The number of aromatic amines is 1. The van der Waals surface area contributed by atoms with Crippen LogP contribution in [0, 0.1) is 5.82 Å². The zero-order chi connectivity index (χ0) is 20.2. The van der Waals surface area contributed by atoms with Gasteiger partial charge in [0.15, 0.2) is 0 Å². The van der Waals surface area contributed by atoms with Crippen LogP contribution in [0.1, 0.15) is 13.8 Å².